The van der Waals surface area contributed by atoms with Gasteiger partial charge in [-0.15, -0.1) is 0 Å². The zero-order chi connectivity index (χ0) is 12.4. The highest BCUT2D eigenvalue weighted by molar-refractivity contribution is 8.06. The molecule has 0 saturated carbocycles. The Morgan fingerprint density at radius 1 is 1.31 bits per heavy atom. The van der Waals surface area contributed by atoms with Crippen LogP contribution in [0, 0.1) is 0 Å². The Morgan fingerprint density at radius 2 is 1.94 bits per heavy atom. The minimum atomic E-state index is -3.82. The third-order valence-corrected chi connectivity index (χ3v) is 5.78. The lowest BCUT2D eigenvalue weighted by atomic mass is 10.2. The molecule has 0 amide bonds. The van der Waals surface area contributed by atoms with E-state index in [1.807, 2.05) is 0 Å². The van der Waals surface area contributed by atoms with Gasteiger partial charge in [0.15, 0.2) is 14.9 Å². The molecule has 0 aromatic carbocycles. The molecule has 1 rings (SSSR count). The molecule has 1 aliphatic heterocycles. The Morgan fingerprint density at radius 3 is 2.44 bits per heavy atom. The summed E-state index contributed by atoms with van der Waals surface area (Å²) in [6.07, 6.45) is 0.613. The Bertz CT molecular complexity index is 430. The molecule has 1 saturated heterocycles. The summed E-state index contributed by atoms with van der Waals surface area (Å²) >= 11 is 0. The molecule has 1 unspecified atom stereocenters. The van der Waals surface area contributed by atoms with Gasteiger partial charge < -0.3 is 10.1 Å². The number of nitrogens with one attached hydrogen (secondary N) is 2. The van der Waals surface area contributed by atoms with Crippen LogP contribution < -0.4 is 10.0 Å². The second-order valence-electron chi connectivity index (χ2n) is 3.82. The van der Waals surface area contributed by atoms with E-state index in [0.29, 0.717) is 13.1 Å². The van der Waals surface area contributed by atoms with Crippen molar-refractivity contribution < 1.29 is 21.6 Å². The maximum atomic E-state index is 11.5. The van der Waals surface area contributed by atoms with Crippen molar-refractivity contribution in [3.63, 3.8) is 0 Å². The summed E-state index contributed by atoms with van der Waals surface area (Å²) in [4.78, 5) is 0. The lowest BCUT2D eigenvalue weighted by Crippen LogP contribution is -2.45. The van der Waals surface area contributed by atoms with Crippen molar-refractivity contribution in [3.8, 4) is 0 Å². The van der Waals surface area contributed by atoms with Crippen LogP contribution in [0.25, 0.3) is 0 Å². The summed E-state index contributed by atoms with van der Waals surface area (Å²) in [5, 5.41) is 2.06. The van der Waals surface area contributed by atoms with E-state index in [2.05, 4.69) is 10.0 Å². The van der Waals surface area contributed by atoms with Crippen molar-refractivity contribution in [2.75, 3.05) is 31.5 Å². The monoisotopic (exact) mass is 272 g/mol. The predicted octanol–water partition coefficient (Wildman–Crippen LogP) is -2.11. The molecule has 9 heteroatoms. The molecule has 0 radical (unpaired) electrons. The number of methoxy groups -OCH3 is 1. The molecule has 2 N–H and O–H groups in total. The molecule has 16 heavy (non-hydrogen) atoms. The highest BCUT2D eigenvalue weighted by Gasteiger charge is 2.31. The molecule has 7 nitrogen and oxygen atoms in total. The van der Waals surface area contributed by atoms with Gasteiger partial charge in [-0.1, -0.05) is 0 Å². The molecular weight excluding hydrogens is 256 g/mol. The number of ether oxygens (including phenoxy) is 1. The van der Waals surface area contributed by atoms with Gasteiger partial charge in [0.05, 0.1) is 12.1 Å². The molecule has 1 heterocycles. The van der Waals surface area contributed by atoms with Crippen molar-refractivity contribution in [1.29, 1.82) is 0 Å². The van der Waals surface area contributed by atoms with Crippen LogP contribution in [0.3, 0.4) is 0 Å². The normalized spacial score (nSPS) is 27.1. The van der Waals surface area contributed by atoms with E-state index in [9.17, 15) is 16.8 Å². The first-order valence-electron chi connectivity index (χ1n) is 4.65. The van der Waals surface area contributed by atoms with Crippen LogP contribution in [0.15, 0.2) is 0 Å². The summed E-state index contributed by atoms with van der Waals surface area (Å²) < 4.78 is 52.2. The topological polar surface area (TPSA) is 102 Å². The summed E-state index contributed by atoms with van der Waals surface area (Å²) in [5.74, 6) is 0. The zero-order valence-corrected chi connectivity index (χ0v) is 10.8. The van der Waals surface area contributed by atoms with Gasteiger partial charge >= 0.3 is 0 Å². The Balaban J connectivity index is 2.66. The molecule has 2 atom stereocenters. The number of hydrogen-bond acceptors (Lipinski definition) is 6. The number of sulfone groups is 1. The third-order valence-electron chi connectivity index (χ3n) is 2.16. The zero-order valence-electron chi connectivity index (χ0n) is 9.13. The lowest BCUT2D eigenvalue weighted by Gasteiger charge is -2.18. The van der Waals surface area contributed by atoms with Crippen molar-refractivity contribution in [2.24, 2.45) is 0 Å². The Kier molecular flexibility index (Phi) is 4.29. The summed E-state index contributed by atoms with van der Waals surface area (Å²) in [7, 11) is -5.90. The minimum Gasteiger partial charge on any atom is -0.378 e. The summed E-state index contributed by atoms with van der Waals surface area (Å²) in [6, 6.07) is -0.420. The first-order valence-corrected chi connectivity index (χ1v) is 8.36. The average Bonchev–Trinajstić information content (AvgIpc) is 2.45. The number of rotatable bonds is 5. The highest BCUT2D eigenvalue weighted by atomic mass is 32.3. The minimum absolute atomic E-state index is 0.269. The number of hydrogen-bond donors (Lipinski definition) is 2. The van der Waals surface area contributed by atoms with E-state index >= 15 is 0 Å². The van der Waals surface area contributed by atoms with Crippen LogP contribution in [-0.4, -0.2) is 60.5 Å². The maximum Gasteiger partial charge on any atom is 0.226 e. The smallest absolute Gasteiger partial charge is 0.226 e. The van der Waals surface area contributed by atoms with Crippen LogP contribution in [0.4, 0.5) is 0 Å². The summed E-state index contributed by atoms with van der Waals surface area (Å²) in [5.41, 5.74) is 0. The second-order valence-corrected chi connectivity index (χ2v) is 8.07. The largest absolute Gasteiger partial charge is 0.378 e. The average molecular weight is 272 g/mol. The van der Waals surface area contributed by atoms with Crippen molar-refractivity contribution in [3.05, 3.63) is 0 Å². The van der Waals surface area contributed by atoms with Gasteiger partial charge in [0, 0.05) is 26.5 Å². The first-order chi connectivity index (χ1) is 7.23. The highest BCUT2D eigenvalue weighted by Crippen LogP contribution is 2.06. The van der Waals surface area contributed by atoms with Crippen LogP contribution in [0.2, 0.25) is 0 Å². The van der Waals surface area contributed by atoms with Gasteiger partial charge in [0.2, 0.25) is 10.0 Å². The standard InChI is InChI=1S/C7H16N2O5S2/c1-14-7-4-8-3-6(7)9-16(12,13)5-15(2,10)11/h6-9H,3-5H2,1-2H3/t6?,7-/m0/s1. The fourth-order valence-corrected chi connectivity index (χ4v) is 4.79. The van der Waals surface area contributed by atoms with Crippen molar-refractivity contribution >= 4 is 19.9 Å². The summed E-state index contributed by atoms with van der Waals surface area (Å²) in [6.45, 7) is 0.976. The van der Waals surface area contributed by atoms with Gasteiger partial charge in [0.25, 0.3) is 0 Å². The van der Waals surface area contributed by atoms with Gasteiger partial charge in [0.1, 0.15) is 0 Å². The Labute approximate surface area is 95.5 Å². The SMILES string of the molecule is CO[C@H]1CNCC1NS(=O)(=O)CS(C)(=O)=O. The molecule has 0 aliphatic carbocycles. The third kappa shape index (κ3) is 4.34. The molecule has 0 aromatic rings. The fraction of sp³-hybridized carbons (Fsp3) is 1.00. The van der Waals surface area contributed by atoms with E-state index in [0.717, 1.165) is 6.26 Å². The van der Waals surface area contributed by atoms with Gasteiger partial charge in [-0.2, -0.15) is 0 Å². The van der Waals surface area contributed by atoms with Crippen LogP contribution in [0.1, 0.15) is 0 Å². The molecule has 0 aromatic heterocycles. The molecule has 96 valence electrons. The molecule has 1 fully saturated rings. The van der Waals surface area contributed by atoms with Crippen molar-refractivity contribution in [2.45, 2.75) is 12.1 Å². The maximum absolute atomic E-state index is 11.5. The van der Waals surface area contributed by atoms with Crippen LogP contribution >= 0.6 is 0 Å². The molecule has 0 spiro atoms. The quantitative estimate of drug-likeness (QED) is 0.594. The molecule has 1 aliphatic rings. The van der Waals surface area contributed by atoms with E-state index in [4.69, 9.17) is 4.74 Å². The van der Waals surface area contributed by atoms with E-state index in [-0.39, 0.29) is 6.10 Å². The van der Waals surface area contributed by atoms with Crippen molar-refractivity contribution in [1.82, 2.24) is 10.0 Å². The molecule has 0 bridgehead atoms. The van der Waals surface area contributed by atoms with Crippen LogP contribution in [-0.2, 0) is 24.6 Å². The van der Waals surface area contributed by atoms with Gasteiger partial charge in [-0.3, -0.25) is 0 Å². The first kappa shape index (κ1) is 13.8. The molecular formula is C7H16N2O5S2. The Hall–Kier alpha value is -0.220. The predicted molar refractivity (Wildman–Crippen MR) is 59.2 cm³/mol. The van der Waals surface area contributed by atoms with Gasteiger partial charge in [-0.25, -0.2) is 21.6 Å². The number of sulfonamides is 1. The fourth-order valence-electron chi connectivity index (χ4n) is 1.57. The lowest BCUT2D eigenvalue weighted by molar-refractivity contribution is 0.103. The van der Waals surface area contributed by atoms with E-state index in [1.54, 1.807) is 0 Å². The van der Waals surface area contributed by atoms with E-state index in [1.165, 1.54) is 7.11 Å². The van der Waals surface area contributed by atoms with E-state index < -0.39 is 31.0 Å². The second kappa shape index (κ2) is 4.96. The van der Waals surface area contributed by atoms with Gasteiger partial charge in [-0.05, 0) is 0 Å². The van der Waals surface area contributed by atoms with Crippen LogP contribution in [0.5, 0.6) is 0 Å².